The fourth-order valence-corrected chi connectivity index (χ4v) is 1.22. The van der Waals surface area contributed by atoms with Gasteiger partial charge in [-0.2, -0.15) is 10.1 Å². The average Bonchev–Trinajstić information content (AvgIpc) is 2.49. The van der Waals surface area contributed by atoms with Gasteiger partial charge in [0.05, 0.1) is 12.4 Å². The van der Waals surface area contributed by atoms with Crippen LogP contribution in [0.15, 0.2) is 18.5 Å². The average molecular weight is 226 g/mol. The third kappa shape index (κ3) is 2.35. The van der Waals surface area contributed by atoms with Crippen molar-refractivity contribution in [3.05, 3.63) is 23.6 Å². The first-order valence-corrected chi connectivity index (χ1v) is 4.48. The zero-order valence-corrected chi connectivity index (χ0v) is 8.64. The minimum absolute atomic E-state index is 0.0707. The van der Waals surface area contributed by atoms with Gasteiger partial charge in [-0.1, -0.05) is 11.6 Å². The van der Waals surface area contributed by atoms with Crippen molar-refractivity contribution in [1.82, 2.24) is 19.7 Å². The molecule has 0 spiro atoms. The van der Waals surface area contributed by atoms with Crippen molar-refractivity contribution >= 4 is 17.5 Å². The van der Waals surface area contributed by atoms with E-state index in [1.165, 1.54) is 6.07 Å². The van der Waals surface area contributed by atoms with E-state index in [4.69, 9.17) is 22.1 Å². The van der Waals surface area contributed by atoms with E-state index in [1.54, 1.807) is 24.1 Å². The molecular formula is C8H8ClN5O. The Hall–Kier alpha value is -1.82. The lowest BCUT2D eigenvalue weighted by Crippen LogP contribution is -1.96. The summed E-state index contributed by atoms with van der Waals surface area (Å²) in [5.41, 5.74) is 5.41. The molecule has 2 rings (SSSR count). The first-order chi connectivity index (χ1) is 7.13. The lowest BCUT2D eigenvalue weighted by molar-refractivity contribution is 0.462. The third-order valence-electron chi connectivity index (χ3n) is 1.59. The van der Waals surface area contributed by atoms with Crippen molar-refractivity contribution in [2.45, 2.75) is 0 Å². The Morgan fingerprint density at radius 3 is 2.87 bits per heavy atom. The Labute approximate surface area is 90.7 Å². The van der Waals surface area contributed by atoms with Crippen LogP contribution < -0.4 is 10.5 Å². The monoisotopic (exact) mass is 225 g/mol. The number of halogens is 1. The van der Waals surface area contributed by atoms with Crippen LogP contribution in [-0.2, 0) is 7.05 Å². The lowest BCUT2D eigenvalue weighted by atomic mass is 10.6. The van der Waals surface area contributed by atoms with Crippen molar-refractivity contribution in [2.75, 3.05) is 5.73 Å². The molecular weight excluding hydrogens is 218 g/mol. The smallest absolute Gasteiger partial charge is 0.225 e. The van der Waals surface area contributed by atoms with Gasteiger partial charge in [0.15, 0.2) is 5.75 Å². The fraction of sp³-hybridized carbons (Fsp3) is 0.125. The van der Waals surface area contributed by atoms with Crippen molar-refractivity contribution in [2.24, 2.45) is 7.05 Å². The standard InChI is InChI=1S/C8H8ClN5O/c1-14-4-5(3-11-14)15-7-2-6(9)12-8(10)13-7/h2-4H,1H3,(H2,10,12,13). The number of anilines is 1. The van der Waals surface area contributed by atoms with Gasteiger partial charge in [0.2, 0.25) is 11.8 Å². The van der Waals surface area contributed by atoms with Gasteiger partial charge in [-0.3, -0.25) is 4.68 Å². The Bertz CT molecular complexity index is 463. The van der Waals surface area contributed by atoms with Crippen LogP contribution in [-0.4, -0.2) is 19.7 Å². The van der Waals surface area contributed by atoms with Crippen molar-refractivity contribution in [3.63, 3.8) is 0 Å². The summed E-state index contributed by atoms with van der Waals surface area (Å²) in [5, 5.41) is 4.18. The molecule has 0 saturated carbocycles. The summed E-state index contributed by atoms with van der Waals surface area (Å²) in [6.45, 7) is 0. The summed E-state index contributed by atoms with van der Waals surface area (Å²) in [7, 11) is 1.79. The van der Waals surface area contributed by atoms with Gasteiger partial charge in [0.25, 0.3) is 0 Å². The molecule has 0 fully saturated rings. The molecule has 2 aromatic rings. The summed E-state index contributed by atoms with van der Waals surface area (Å²) in [5.74, 6) is 0.925. The maximum absolute atomic E-state index is 5.69. The molecule has 0 aliphatic heterocycles. The molecule has 0 saturated heterocycles. The second-order valence-electron chi connectivity index (χ2n) is 2.84. The molecule has 0 radical (unpaired) electrons. The summed E-state index contributed by atoms with van der Waals surface area (Å²) in [4.78, 5) is 7.57. The summed E-state index contributed by atoms with van der Waals surface area (Å²) in [6.07, 6.45) is 3.26. The topological polar surface area (TPSA) is 78.9 Å². The van der Waals surface area contributed by atoms with Crippen LogP contribution in [0.25, 0.3) is 0 Å². The maximum atomic E-state index is 5.69. The predicted molar refractivity (Wildman–Crippen MR) is 54.7 cm³/mol. The summed E-state index contributed by atoms with van der Waals surface area (Å²) >= 11 is 5.69. The van der Waals surface area contributed by atoms with Crippen LogP contribution in [0.4, 0.5) is 5.95 Å². The largest absolute Gasteiger partial charge is 0.435 e. The molecule has 2 heterocycles. The quantitative estimate of drug-likeness (QED) is 0.778. The van der Waals surface area contributed by atoms with E-state index in [0.717, 1.165) is 0 Å². The number of aryl methyl sites for hydroxylation is 1. The minimum atomic E-state index is 0.0707. The highest BCUT2D eigenvalue weighted by molar-refractivity contribution is 6.29. The van der Waals surface area contributed by atoms with Crippen LogP contribution in [0.3, 0.4) is 0 Å². The van der Waals surface area contributed by atoms with Gasteiger partial charge in [0, 0.05) is 13.1 Å². The number of hydrogen-bond donors (Lipinski definition) is 1. The Morgan fingerprint density at radius 2 is 2.27 bits per heavy atom. The minimum Gasteiger partial charge on any atom is -0.435 e. The first-order valence-electron chi connectivity index (χ1n) is 4.10. The first kappa shape index (κ1) is 9.72. The van der Waals surface area contributed by atoms with Gasteiger partial charge in [-0.15, -0.1) is 0 Å². The third-order valence-corrected chi connectivity index (χ3v) is 1.79. The molecule has 0 aliphatic rings. The van der Waals surface area contributed by atoms with Crippen LogP contribution >= 0.6 is 11.6 Å². The lowest BCUT2D eigenvalue weighted by Gasteiger charge is -2.01. The van der Waals surface area contributed by atoms with Gasteiger partial charge < -0.3 is 10.5 Å². The van der Waals surface area contributed by atoms with E-state index in [0.29, 0.717) is 11.6 Å². The van der Waals surface area contributed by atoms with E-state index < -0.39 is 0 Å². The SMILES string of the molecule is Cn1cc(Oc2cc(Cl)nc(N)n2)cn1. The van der Waals surface area contributed by atoms with Crippen molar-refractivity contribution < 1.29 is 4.74 Å². The number of rotatable bonds is 2. The zero-order chi connectivity index (χ0) is 10.8. The number of nitrogen functional groups attached to an aromatic ring is 1. The van der Waals surface area contributed by atoms with Gasteiger partial charge in [-0.25, -0.2) is 4.98 Å². The highest BCUT2D eigenvalue weighted by Gasteiger charge is 2.04. The number of nitrogens with two attached hydrogens (primary N) is 1. The van der Waals surface area contributed by atoms with E-state index in [-0.39, 0.29) is 11.1 Å². The van der Waals surface area contributed by atoms with Crippen LogP contribution in [0.1, 0.15) is 0 Å². The normalized spacial score (nSPS) is 10.3. The van der Waals surface area contributed by atoms with Gasteiger partial charge >= 0.3 is 0 Å². The van der Waals surface area contributed by atoms with Crippen molar-refractivity contribution in [3.8, 4) is 11.6 Å². The molecule has 0 aromatic carbocycles. The Morgan fingerprint density at radius 1 is 1.47 bits per heavy atom. The second kappa shape index (κ2) is 3.74. The highest BCUT2D eigenvalue weighted by atomic mass is 35.5. The van der Waals surface area contributed by atoms with Crippen LogP contribution in [0.2, 0.25) is 5.15 Å². The number of nitrogens with zero attached hydrogens (tertiary/aromatic N) is 4. The molecule has 6 nitrogen and oxygen atoms in total. The van der Waals surface area contributed by atoms with Crippen LogP contribution in [0, 0.1) is 0 Å². The second-order valence-corrected chi connectivity index (χ2v) is 3.23. The number of hydrogen-bond acceptors (Lipinski definition) is 5. The molecule has 2 N–H and O–H groups in total. The molecule has 0 aliphatic carbocycles. The Kier molecular flexibility index (Phi) is 2.42. The molecule has 78 valence electrons. The van der Waals surface area contributed by atoms with Crippen LogP contribution in [0.5, 0.6) is 11.6 Å². The van der Waals surface area contributed by atoms with Crippen molar-refractivity contribution in [1.29, 1.82) is 0 Å². The Balaban J connectivity index is 2.24. The van der Waals surface area contributed by atoms with Gasteiger partial charge in [0.1, 0.15) is 5.15 Å². The summed E-state index contributed by atoms with van der Waals surface area (Å²) < 4.78 is 6.97. The molecule has 0 amide bonds. The van der Waals surface area contributed by atoms with E-state index >= 15 is 0 Å². The van der Waals surface area contributed by atoms with Gasteiger partial charge in [-0.05, 0) is 0 Å². The number of aromatic nitrogens is 4. The molecule has 7 heteroatoms. The molecule has 15 heavy (non-hydrogen) atoms. The predicted octanol–water partition coefficient (Wildman–Crippen LogP) is 1.24. The zero-order valence-electron chi connectivity index (χ0n) is 7.88. The molecule has 0 unspecified atom stereocenters. The van der Waals surface area contributed by atoms with E-state index in [9.17, 15) is 0 Å². The molecule has 0 bridgehead atoms. The molecule has 2 aromatic heterocycles. The maximum Gasteiger partial charge on any atom is 0.225 e. The molecule has 0 atom stereocenters. The summed E-state index contributed by atoms with van der Waals surface area (Å²) in [6, 6.07) is 1.48. The fourth-order valence-electron chi connectivity index (χ4n) is 1.04. The van der Waals surface area contributed by atoms with E-state index in [1.807, 2.05) is 0 Å². The highest BCUT2D eigenvalue weighted by Crippen LogP contribution is 2.21. The van der Waals surface area contributed by atoms with E-state index in [2.05, 4.69) is 15.1 Å². The number of ether oxygens (including phenoxy) is 1.